The van der Waals surface area contributed by atoms with E-state index in [4.69, 9.17) is 4.98 Å². The summed E-state index contributed by atoms with van der Waals surface area (Å²) in [5.41, 5.74) is 2.55. The summed E-state index contributed by atoms with van der Waals surface area (Å²) in [6.45, 7) is 5.78. The van der Waals surface area contributed by atoms with Crippen LogP contribution < -0.4 is 0 Å². The Morgan fingerprint density at radius 2 is 2.16 bits per heavy atom. The van der Waals surface area contributed by atoms with Crippen LogP contribution >= 0.6 is 0 Å². The number of imidazole rings is 1. The highest BCUT2D eigenvalue weighted by atomic mass is 16.2. The molecule has 0 bridgehead atoms. The summed E-state index contributed by atoms with van der Waals surface area (Å²) in [4.78, 5) is 19.4. The van der Waals surface area contributed by atoms with Gasteiger partial charge in [0, 0.05) is 25.0 Å². The minimum absolute atomic E-state index is 0.0642. The third-order valence-corrected chi connectivity index (χ3v) is 4.85. The summed E-state index contributed by atoms with van der Waals surface area (Å²) >= 11 is 0. The molecule has 25 heavy (non-hydrogen) atoms. The van der Waals surface area contributed by atoms with E-state index in [9.17, 15) is 4.79 Å². The molecule has 1 fully saturated rings. The predicted octanol–water partition coefficient (Wildman–Crippen LogP) is 2.76. The maximum atomic E-state index is 12.6. The molecular formula is C18H22N6O. The van der Waals surface area contributed by atoms with Gasteiger partial charge in [-0.15, -0.1) is 0 Å². The summed E-state index contributed by atoms with van der Waals surface area (Å²) < 4.78 is 2.31. The van der Waals surface area contributed by atoms with E-state index in [1.165, 1.54) is 6.20 Å². The van der Waals surface area contributed by atoms with Crippen molar-refractivity contribution < 1.29 is 4.79 Å². The molecule has 1 aromatic carbocycles. The van der Waals surface area contributed by atoms with E-state index < -0.39 is 0 Å². The fourth-order valence-electron chi connectivity index (χ4n) is 3.73. The SMILES string of the molecule is CC(C)n1c([C@H]2CCCN(C(=O)c3cn[nH]n3)C2)nc2ccccc21. The van der Waals surface area contributed by atoms with Crippen LogP contribution in [0.3, 0.4) is 0 Å². The number of fused-ring (bicyclic) bond motifs is 1. The van der Waals surface area contributed by atoms with Crippen LogP contribution in [0, 0.1) is 0 Å². The Morgan fingerprint density at radius 3 is 2.92 bits per heavy atom. The molecule has 2 aromatic heterocycles. The van der Waals surface area contributed by atoms with Crippen LogP contribution in [0.25, 0.3) is 11.0 Å². The highest BCUT2D eigenvalue weighted by Crippen LogP contribution is 2.31. The van der Waals surface area contributed by atoms with Crippen molar-refractivity contribution in [1.82, 2.24) is 29.9 Å². The molecule has 7 heteroatoms. The summed E-state index contributed by atoms with van der Waals surface area (Å²) in [7, 11) is 0. The first-order chi connectivity index (χ1) is 12.1. The maximum absolute atomic E-state index is 12.6. The molecule has 0 radical (unpaired) electrons. The van der Waals surface area contributed by atoms with E-state index in [0.29, 0.717) is 18.3 Å². The number of carbonyl (C=O) groups excluding carboxylic acids is 1. The van der Waals surface area contributed by atoms with Gasteiger partial charge in [0.05, 0.1) is 17.2 Å². The highest BCUT2D eigenvalue weighted by Gasteiger charge is 2.30. The lowest BCUT2D eigenvalue weighted by Crippen LogP contribution is -2.40. The zero-order chi connectivity index (χ0) is 17.4. The Labute approximate surface area is 146 Å². The molecule has 1 atom stereocenters. The van der Waals surface area contributed by atoms with E-state index in [-0.39, 0.29) is 11.8 Å². The second-order valence-corrected chi connectivity index (χ2v) is 6.87. The molecule has 1 aliphatic heterocycles. The van der Waals surface area contributed by atoms with Gasteiger partial charge in [-0.2, -0.15) is 15.4 Å². The van der Waals surface area contributed by atoms with Gasteiger partial charge < -0.3 is 9.47 Å². The monoisotopic (exact) mass is 338 g/mol. The van der Waals surface area contributed by atoms with E-state index >= 15 is 0 Å². The van der Waals surface area contributed by atoms with Gasteiger partial charge in [-0.05, 0) is 38.8 Å². The second-order valence-electron chi connectivity index (χ2n) is 6.87. The van der Waals surface area contributed by atoms with Gasteiger partial charge in [-0.1, -0.05) is 12.1 Å². The van der Waals surface area contributed by atoms with Crippen molar-refractivity contribution in [3.63, 3.8) is 0 Å². The fraction of sp³-hybridized carbons (Fsp3) is 0.444. The Bertz CT molecular complexity index is 882. The lowest BCUT2D eigenvalue weighted by Gasteiger charge is -2.32. The van der Waals surface area contributed by atoms with Gasteiger partial charge in [0.1, 0.15) is 5.82 Å². The Hall–Kier alpha value is -2.70. The summed E-state index contributed by atoms with van der Waals surface area (Å²) in [5.74, 6) is 1.25. The van der Waals surface area contributed by atoms with Crippen LogP contribution in [0.5, 0.6) is 0 Å². The number of hydrogen-bond donors (Lipinski definition) is 1. The molecule has 7 nitrogen and oxygen atoms in total. The lowest BCUT2D eigenvalue weighted by atomic mass is 9.96. The number of rotatable bonds is 3. The molecule has 0 spiro atoms. The lowest BCUT2D eigenvalue weighted by molar-refractivity contribution is 0.0697. The van der Waals surface area contributed by atoms with Crippen molar-refractivity contribution in [2.24, 2.45) is 0 Å². The molecule has 1 N–H and O–H groups in total. The summed E-state index contributed by atoms with van der Waals surface area (Å²) in [6, 6.07) is 8.56. The average Bonchev–Trinajstić information content (AvgIpc) is 3.28. The first-order valence-electron chi connectivity index (χ1n) is 8.77. The predicted molar refractivity (Wildman–Crippen MR) is 94.4 cm³/mol. The molecule has 130 valence electrons. The highest BCUT2D eigenvalue weighted by molar-refractivity contribution is 5.92. The Balaban J connectivity index is 1.66. The number of benzene rings is 1. The molecule has 3 heterocycles. The van der Waals surface area contributed by atoms with Crippen molar-refractivity contribution in [2.75, 3.05) is 13.1 Å². The van der Waals surface area contributed by atoms with Crippen LogP contribution in [0.1, 0.15) is 55.0 Å². The summed E-state index contributed by atoms with van der Waals surface area (Å²) in [6.07, 6.45) is 3.49. The van der Waals surface area contributed by atoms with Crippen LogP contribution in [0.15, 0.2) is 30.5 Å². The van der Waals surface area contributed by atoms with E-state index in [2.05, 4.69) is 46.0 Å². The number of hydrogen-bond acceptors (Lipinski definition) is 4. The molecule has 1 aliphatic rings. The number of nitrogens with one attached hydrogen (secondary N) is 1. The van der Waals surface area contributed by atoms with E-state index in [1.807, 2.05) is 17.0 Å². The average molecular weight is 338 g/mol. The zero-order valence-electron chi connectivity index (χ0n) is 14.5. The summed E-state index contributed by atoms with van der Waals surface area (Å²) in [5, 5.41) is 10.2. The number of piperidine rings is 1. The normalized spacial score (nSPS) is 18.2. The number of amides is 1. The van der Waals surface area contributed by atoms with E-state index in [1.54, 1.807) is 0 Å². The first kappa shape index (κ1) is 15.8. The smallest absolute Gasteiger partial charge is 0.276 e. The van der Waals surface area contributed by atoms with Crippen LogP contribution in [-0.4, -0.2) is 48.9 Å². The van der Waals surface area contributed by atoms with Crippen molar-refractivity contribution in [1.29, 1.82) is 0 Å². The molecule has 0 unspecified atom stereocenters. The Morgan fingerprint density at radius 1 is 1.32 bits per heavy atom. The van der Waals surface area contributed by atoms with Gasteiger partial charge in [0.15, 0.2) is 5.69 Å². The number of H-pyrrole nitrogens is 1. The molecule has 1 amide bonds. The van der Waals surface area contributed by atoms with Crippen molar-refractivity contribution >= 4 is 16.9 Å². The number of likely N-dealkylation sites (tertiary alicyclic amines) is 1. The third kappa shape index (κ3) is 2.79. The topological polar surface area (TPSA) is 79.7 Å². The zero-order valence-corrected chi connectivity index (χ0v) is 14.5. The van der Waals surface area contributed by atoms with Gasteiger partial charge in [0.2, 0.25) is 0 Å². The molecule has 0 aliphatic carbocycles. The van der Waals surface area contributed by atoms with Crippen LogP contribution in [0.4, 0.5) is 0 Å². The van der Waals surface area contributed by atoms with Gasteiger partial charge in [0.25, 0.3) is 5.91 Å². The second kappa shape index (κ2) is 6.31. The van der Waals surface area contributed by atoms with Crippen molar-refractivity contribution in [2.45, 2.75) is 38.6 Å². The maximum Gasteiger partial charge on any atom is 0.276 e. The number of aromatic amines is 1. The number of carbonyl (C=O) groups is 1. The number of para-hydroxylation sites is 2. The number of nitrogens with zero attached hydrogens (tertiary/aromatic N) is 5. The number of aromatic nitrogens is 5. The van der Waals surface area contributed by atoms with Gasteiger partial charge >= 0.3 is 0 Å². The van der Waals surface area contributed by atoms with Crippen molar-refractivity contribution in [3.8, 4) is 0 Å². The van der Waals surface area contributed by atoms with E-state index in [0.717, 1.165) is 36.2 Å². The van der Waals surface area contributed by atoms with Crippen molar-refractivity contribution in [3.05, 3.63) is 42.0 Å². The molecule has 4 rings (SSSR count). The third-order valence-electron chi connectivity index (χ3n) is 4.85. The molecule has 3 aromatic rings. The van der Waals surface area contributed by atoms with Gasteiger partial charge in [-0.25, -0.2) is 4.98 Å². The quantitative estimate of drug-likeness (QED) is 0.796. The largest absolute Gasteiger partial charge is 0.336 e. The minimum Gasteiger partial charge on any atom is -0.336 e. The molecule has 1 saturated heterocycles. The standard InChI is InChI=1S/C18H22N6O/c1-12(2)24-16-8-4-3-7-14(16)20-17(24)13-6-5-9-23(11-13)18(25)15-10-19-22-21-15/h3-4,7-8,10,12-13H,5-6,9,11H2,1-2H3,(H,19,21,22)/t13-/m0/s1. The molecular weight excluding hydrogens is 316 g/mol. The minimum atomic E-state index is -0.0642. The van der Waals surface area contributed by atoms with Crippen LogP contribution in [0.2, 0.25) is 0 Å². The Kier molecular flexibility index (Phi) is 3.99. The molecule has 0 saturated carbocycles. The van der Waals surface area contributed by atoms with Crippen LogP contribution in [-0.2, 0) is 0 Å². The fourth-order valence-corrected chi connectivity index (χ4v) is 3.73. The first-order valence-corrected chi connectivity index (χ1v) is 8.77. The van der Waals surface area contributed by atoms with Gasteiger partial charge in [-0.3, -0.25) is 4.79 Å².